The van der Waals surface area contributed by atoms with E-state index in [1.807, 2.05) is 0 Å². The highest BCUT2D eigenvalue weighted by atomic mass is 14.9. The molecule has 0 saturated carbocycles. The van der Waals surface area contributed by atoms with Gasteiger partial charge in [-0.05, 0) is 25.7 Å². The molecular formula is C7H14N. The molecule has 1 aliphatic heterocycles. The lowest BCUT2D eigenvalue weighted by atomic mass is 9.96. The third kappa shape index (κ3) is 1.48. The zero-order valence-corrected chi connectivity index (χ0v) is 5.65. The Balaban J connectivity index is 2.23. The van der Waals surface area contributed by atoms with Gasteiger partial charge in [-0.15, -0.1) is 0 Å². The maximum Gasteiger partial charge on any atom is 0.0226 e. The van der Waals surface area contributed by atoms with Crippen molar-refractivity contribution >= 4 is 0 Å². The van der Waals surface area contributed by atoms with Crippen molar-refractivity contribution in [3.63, 3.8) is 0 Å². The second-order valence-corrected chi connectivity index (χ2v) is 2.85. The molecule has 2 atom stereocenters. The minimum Gasteiger partial charge on any atom is -0.310 e. The van der Waals surface area contributed by atoms with Gasteiger partial charge in [-0.25, -0.2) is 0 Å². The molecule has 2 unspecified atom stereocenters. The Labute approximate surface area is 51.5 Å². The van der Waals surface area contributed by atoms with E-state index in [9.17, 15) is 0 Å². The lowest BCUT2D eigenvalue weighted by Crippen LogP contribution is -2.31. The summed E-state index contributed by atoms with van der Waals surface area (Å²) < 4.78 is 0. The third-order valence-corrected chi connectivity index (χ3v) is 1.68. The van der Waals surface area contributed by atoms with Crippen molar-refractivity contribution in [3.8, 4) is 0 Å². The van der Waals surface area contributed by atoms with Crippen molar-refractivity contribution in [2.45, 2.75) is 32.7 Å². The maximum absolute atomic E-state index is 3.29. The van der Waals surface area contributed by atoms with E-state index in [4.69, 9.17) is 0 Å². The Morgan fingerprint density at radius 3 is 2.62 bits per heavy atom. The molecule has 1 heterocycles. The van der Waals surface area contributed by atoms with Gasteiger partial charge in [0.25, 0.3) is 0 Å². The molecule has 1 nitrogen and oxygen atoms in total. The average Bonchev–Trinajstić information content (AvgIpc) is 1.64. The quantitative estimate of drug-likeness (QED) is 0.501. The first-order valence-electron chi connectivity index (χ1n) is 3.37. The molecule has 8 heavy (non-hydrogen) atoms. The first kappa shape index (κ1) is 6.09. The van der Waals surface area contributed by atoms with Crippen LogP contribution in [0.15, 0.2) is 0 Å². The summed E-state index contributed by atoms with van der Waals surface area (Å²) in [6, 6.07) is 0.707. The first-order chi connectivity index (χ1) is 3.79. The van der Waals surface area contributed by atoms with Crippen LogP contribution in [0.3, 0.4) is 0 Å². The summed E-state index contributed by atoms with van der Waals surface area (Å²) in [5, 5.41) is 3.29. The lowest BCUT2D eigenvalue weighted by molar-refractivity contribution is 0.373. The number of hydrogen-bond donors (Lipinski definition) is 1. The minimum absolute atomic E-state index is 0.707. The molecule has 1 aliphatic rings. The number of rotatable bonds is 0. The van der Waals surface area contributed by atoms with E-state index in [2.05, 4.69) is 25.7 Å². The smallest absolute Gasteiger partial charge is 0.0226 e. The van der Waals surface area contributed by atoms with Crippen LogP contribution in [0.25, 0.3) is 0 Å². The molecule has 0 bridgehead atoms. The van der Waals surface area contributed by atoms with Crippen molar-refractivity contribution in [2.24, 2.45) is 5.92 Å². The highest BCUT2D eigenvalue weighted by Gasteiger charge is 2.12. The summed E-state index contributed by atoms with van der Waals surface area (Å²) in [4.78, 5) is 0. The van der Waals surface area contributed by atoms with E-state index in [1.165, 1.54) is 12.8 Å². The topological polar surface area (TPSA) is 12.0 Å². The fourth-order valence-corrected chi connectivity index (χ4v) is 1.24. The zero-order chi connectivity index (χ0) is 5.98. The number of nitrogens with one attached hydrogen (secondary N) is 1. The van der Waals surface area contributed by atoms with E-state index in [0.29, 0.717) is 6.04 Å². The van der Waals surface area contributed by atoms with Gasteiger partial charge in [0, 0.05) is 12.6 Å². The standard InChI is InChI=1S/C7H14N/c1-6-3-4-8-7(2)5-6/h4,6-8H,3,5H2,1-2H3. The Hall–Kier alpha value is -0.0400. The van der Waals surface area contributed by atoms with Gasteiger partial charge in [0.1, 0.15) is 0 Å². The van der Waals surface area contributed by atoms with E-state index >= 15 is 0 Å². The summed E-state index contributed by atoms with van der Waals surface area (Å²) in [6.45, 7) is 6.71. The molecule has 0 aromatic heterocycles. The zero-order valence-electron chi connectivity index (χ0n) is 5.65. The fourth-order valence-electron chi connectivity index (χ4n) is 1.24. The van der Waals surface area contributed by atoms with Crippen LogP contribution in [0.4, 0.5) is 0 Å². The van der Waals surface area contributed by atoms with Gasteiger partial charge in [-0.3, -0.25) is 0 Å². The van der Waals surface area contributed by atoms with Gasteiger partial charge in [0.05, 0.1) is 0 Å². The van der Waals surface area contributed by atoms with E-state index in [1.54, 1.807) is 0 Å². The van der Waals surface area contributed by atoms with E-state index in [-0.39, 0.29) is 0 Å². The number of hydrogen-bond acceptors (Lipinski definition) is 1. The van der Waals surface area contributed by atoms with Gasteiger partial charge in [0.2, 0.25) is 0 Å². The second kappa shape index (κ2) is 2.49. The Morgan fingerprint density at radius 2 is 2.25 bits per heavy atom. The maximum atomic E-state index is 3.29. The SMILES string of the molecule is CC1C[CH]NC(C)C1. The summed E-state index contributed by atoms with van der Waals surface area (Å²) in [7, 11) is 0. The molecule has 1 N–H and O–H groups in total. The monoisotopic (exact) mass is 112 g/mol. The summed E-state index contributed by atoms with van der Waals surface area (Å²) in [5.74, 6) is 0.895. The molecule has 0 aliphatic carbocycles. The third-order valence-electron chi connectivity index (χ3n) is 1.68. The molecule has 0 aromatic rings. The Morgan fingerprint density at radius 1 is 1.50 bits per heavy atom. The van der Waals surface area contributed by atoms with Gasteiger partial charge >= 0.3 is 0 Å². The van der Waals surface area contributed by atoms with Gasteiger partial charge in [-0.2, -0.15) is 0 Å². The molecule has 0 amide bonds. The Bertz CT molecular complexity index is 62.8. The molecule has 1 radical (unpaired) electrons. The highest BCUT2D eigenvalue weighted by molar-refractivity contribution is 4.79. The van der Waals surface area contributed by atoms with Gasteiger partial charge in [-0.1, -0.05) is 6.92 Å². The van der Waals surface area contributed by atoms with Crippen LogP contribution in [-0.4, -0.2) is 6.04 Å². The van der Waals surface area contributed by atoms with Crippen LogP contribution < -0.4 is 5.32 Å². The summed E-state index contributed by atoms with van der Waals surface area (Å²) in [6.07, 6.45) is 2.57. The van der Waals surface area contributed by atoms with Crippen LogP contribution >= 0.6 is 0 Å². The van der Waals surface area contributed by atoms with Crippen LogP contribution in [-0.2, 0) is 0 Å². The van der Waals surface area contributed by atoms with Crippen molar-refractivity contribution in [1.29, 1.82) is 0 Å². The molecule has 1 fully saturated rings. The first-order valence-corrected chi connectivity index (χ1v) is 3.37. The highest BCUT2D eigenvalue weighted by Crippen LogP contribution is 2.15. The molecule has 1 heteroatoms. The lowest BCUT2D eigenvalue weighted by Gasteiger charge is -2.24. The minimum atomic E-state index is 0.707. The van der Waals surface area contributed by atoms with Crippen LogP contribution in [0.5, 0.6) is 0 Å². The summed E-state index contributed by atoms with van der Waals surface area (Å²) >= 11 is 0. The normalized spacial score (nSPS) is 39.8. The van der Waals surface area contributed by atoms with Crippen LogP contribution in [0, 0.1) is 12.5 Å². The van der Waals surface area contributed by atoms with Gasteiger partial charge in [0.15, 0.2) is 0 Å². The van der Waals surface area contributed by atoms with Crippen molar-refractivity contribution in [3.05, 3.63) is 6.54 Å². The number of piperidine rings is 1. The van der Waals surface area contributed by atoms with E-state index in [0.717, 1.165) is 5.92 Å². The molecule has 1 saturated heterocycles. The second-order valence-electron chi connectivity index (χ2n) is 2.85. The summed E-state index contributed by atoms with van der Waals surface area (Å²) in [5.41, 5.74) is 0. The Kier molecular flexibility index (Phi) is 1.90. The molecule has 1 rings (SSSR count). The molecule has 47 valence electrons. The predicted octanol–water partition coefficient (Wildman–Crippen LogP) is 1.56. The van der Waals surface area contributed by atoms with Crippen molar-refractivity contribution in [2.75, 3.05) is 0 Å². The molecular weight excluding hydrogens is 98.1 g/mol. The van der Waals surface area contributed by atoms with Gasteiger partial charge < -0.3 is 5.32 Å². The molecule has 0 aromatic carbocycles. The molecule has 0 spiro atoms. The van der Waals surface area contributed by atoms with Crippen LogP contribution in [0.2, 0.25) is 0 Å². The largest absolute Gasteiger partial charge is 0.310 e. The van der Waals surface area contributed by atoms with Crippen molar-refractivity contribution < 1.29 is 0 Å². The fraction of sp³-hybridized carbons (Fsp3) is 0.857. The predicted molar refractivity (Wildman–Crippen MR) is 35.3 cm³/mol. The van der Waals surface area contributed by atoms with Crippen LogP contribution in [0.1, 0.15) is 26.7 Å². The van der Waals surface area contributed by atoms with E-state index < -0.39 is 0 Å². The average molecular weight is 112 g/mol. The van der Waals surface area contributed by atoms with Crippen molar-refractivity contribution in [1.82, 2.24) is 5.32 Å².